The normalized spacial score (nSPS) is 10.0. The Morgan fingerprint density at radius 2 is 1.96 bits per heavy atom. The molecule has 2 N–H and O–H groups in total. The van der Waals surface area contributed by atoms with E-state index in [0.717, 1.165) is 0 Å². The van der Waals surface area contributed by atoms with Crippen LogP contribution in [0.1, 0.15) is 27.8 Å². The summed E-state index contributed by atoms with van der Waals surface area (Å²) in [5.41, 5.74) is 0.963. The fourth-order valence-corrected chi connectivity index (χ4v) is 1.86. The summed E-state index contributed by atoms with van der Waals surface area (Å²) in [5, 5.41) is 2.59. The highest BCUT2D eigenvalue weighted by Crippen LogP contribution is 2.22. The van der Waals surface area contributed by atoms with Crippen LogP contribution in [0, 0.1) is 0 Å². The van der Waals surface area contributed by atoms with Crippen molar-refractivity contribution in [3.63, 3.8) is 0 Å². The van der Waals surface area contributed by atoms with Crippen molar-refractivity contribution in [2.24, 2.45) is 0 Å². The molecule has 0 radical (unpaired) electrons. The second kappa shape index (κ2) is 7.26. The lowest BCUT2D eigenvalue weighted by molar-refractivity contribution is -0.119. The predicted octanol–water partition coefficient (Wildman–Crippen LogP) is 2.02. The van der Waals surface area contributed by atoms with E-state index in [1.54, 1.807) is 24.3 Å². The highest BCUT2D eigenvalue weighted by atomic mass is 16.5. The lowest BCUT2D eigenvalue weighted by Crippen LogP contribution is -2.21. The van der Waals surface area contributed by atoms with Gasteiger partial charge in [0.05, 0.1) is 12.8 Å². The number of benzene rings is 1. The number of amides is 1. The van der Waals surface area contributed by atoms with Gasteiger partial charge in [0.25, 0.3) is 5.91 Å². The van der Waals surface area contributed by atoms with Crippen molar-refractivity contribution in [3.8, 4) is 5.75 Å². The second-order valence-corrected chi connectivity index (χ2v) is 4.68. The van der Waals surface area contributed by atoms with Crippen LogP contribution in [0.15, 0.2) is 36.5 Å². The van der Waals surface area contributed by atoms with E-state index in [1.807, 2.05) is 0 Å². The van der Waals surface area contributed by atoms with Crippen LogP contribution in [-0.2, 0) is 9.53 Å². The number of para-hydroxylation sites is 2. The number of esters is 1. The van der Waals surface area contributed by atoms with Crippen molar-refractivity contribution in [1.29, 1.82) is 0 Å². The molecule has 0 aliphatic rings. The highest BCUT2D eigenvalue weighted by molar-refractivity contribution is 5.98. The molecule has 0 unspecified atom stereocenters. The van der Waals surface area contributed by atoms with Crippen molar-refractivity contribution in [1.82, 2.24) is 4.98 Å². The van der Waals surface area contributed by atoms with Gasteiger partial charge in [-0.2, -0.15) is 0 Å². The number of rotatable bonds is 6. The molecule has 2 aromatic rings. The van der Waals surface area contributed by atoms with E-state index < -0.39 is 18.5 Å². The summed E-state index contributed by atoms with van der Waals surface area (Å²) in [5.74, 6) is -0.884. The molecule has 0 spiro atoms. The summed E-state index contributed by atoms with van der Waals surface area (Å²) in [4.78, 5) is 37.4. The summed E-state index contributed by atoms with van der Waals surface area (Å²) in [6.07, 6.45) is 1.41. The first-order chi connectivity index (χ1) is 11.0. The lowest BCUT2D eigenvalue weighted by atomic mass is 10.2. The van der Waals surface area contributed by atoms with E-state index in [1.165, 1.54) is 26.3 Å². The minimum atomic E-state index is -0.715. The molecule has 0 atom stereocenters. The van der Waals surface area contributed by atoms with Gasteiger partial charge in [-0.1, -0.05) is 12.1 Å². The van der Waals surface area contributed by atoms with E-state index >= 15 is 0 Å². The number of hydrogen-bond acceptors (Lipinski definition) is 5. The smallest absolute Gasteiger partial charge is 0.355 e. The molecule has 23 heavy (non-hydrogen) atoms. The van der Waals surface area contributed by atoms with E-state index in [-0.39, 0.29) is 11.5 Å². The van der Waals surface area contributed by atoms with E-state index in [0.29, 0.717) is 17.0 Å². The van der Waals surface area contributed by atoms with Crippen LogP contribution in [-0.4, -0.2) is 36.4 Å². The van der Waals surface area contributed by atoms with Gasteiger partial charge >= 0.3 is 5.97 Å². The Labute approximate surface area is 132 Å². The third-order valence-electron chi connectivity index (χ3n) is 3.02. The van der Waals surface area contributed by atoms with Crippen LogP contribution < -0.4 is 10.1 Å². The molecule has 0 fully saturated rings. The van der Waals surface area contributed by atoms with Gasteiger partial charge in [-0.3, -0.25) is 9.59 Å². The number of methoxy groups -OCH3 is 1. The molecule has 0 saturated heterocycles. The first-order valence-electron chi connectivity index (χ1n) is 6.80. The summed E-state index contributed by atoms with van der Waals surface area (Å²) >= 11 is 0. The summed E-state index contributed by atoms with van der Waals surface area (Å²) in [6.45, 7) is 0.935. The summed E-state index contributed by atoms with van der Waals surface area (Å²) < 4.78 is 10.0. The molecular weight excluding hydrogens is 300 g/mol. The Morgan fingerprint density at radius 3 is 2.61 bits per heavy atom. The largest absolute Gasteiger partial charge is 0.495 e. The van der Waals surface area contributed by atoms with E-state index in [4.69, 9.17) is 9.47 Å². The number of anilines is 1. The van der Waals surface area contributed by atoms with Gasteiger partial charge in [-0.05, 0) is 25.1 Å². The number of carbonyl (C=O) groups is 3. The number of aromatic amines is 1. The molecule has 120 valence electrons. The lowest BCUT2D eigenvalue weighted by Gasteiger charge is -2.09. The topological polar surface area (TPSA) is 97.5 Å². The van der Waals surface area contributed by atoms with Crippen LogP contribution in [0.2, 0.25) is 0 Å². The fourth-order valence-electron chi connectivity index (χ4n) is 1.86. The predicted molar refractivity (Wildman–Crippen MR) is 82.7 cm³/mol. The van der Waals surface area contributed by atoms with Crippen molar-refractivity contribution in [3.05, 3.63) is 47.8 Å². The standard InChI is InChI=1S/C16H16N2O5/c1-10(19)11-7-13(17-8-11)16(21)23-9-15(20)18-12-5-3-4-6-14(12)22-2/h3-8,17H,9H2,1-2H3,(H,18,20). The first kappa shape index (κ1) is 16.3. The van der Waals surface area contributed by atoms with Gasteiger partial charge in [-0.25, -0.2) is 4.79 Å². The summed E-state index contributed by atoms with van der Waals surface area (Å²) in [6, 6.07) is 8.26. The van der Waals surface area contributed by atoms with Crippen molar-refractivity contribution in [2.75, 3.05) is 19.0 Å². The third-order valence-corrected chi connectivity index (χ3v) is 3.02. The Bertz CT molecular complexity index is 736. The van der Waals surface area contributed by atoms with Gasteiger partial charge in [0.15, 0.2) is 12.4 Å². The number of Topliss-reactive ketones (excluding diaryl/α,β-unsaturated/α-hetero) is 1. The maximum Gasteiger partial charge on any atom is 0.355 e. The molecule has 0 saturated carbocycles. The fraction of sp³-hybridized carbons (Fsp3) is 0.188. The number of aromatic nitrogens is 1. The SMILES string of the molecule is COc1ccccc1NC(=O)COC(=O)c1cc(C(C)=O)c[nH]1. The molecule has 1 aromatic carbocycles. The van der Waals surface area contributed by atoms with Crippen LogP contribution in [0.4, 0.5) is 5.69 Å². The Morgan fingerprint density at radius 1 is 1.22 bits per heavy atom. The number of carbonyl (C=O) groups excluding carboxylic acids is 3. The maximum atomic E-state index is 11.8. The molecule has 2 rings (SSSR count). The van der Waals surface area contributed by atoms with E-state index in [2.05, 4.69) is 10.3 Å². The Kier molecular flexibility index (Phi) is 5.14. The van der Waals surface area contributed by atoms with E-state index in [9.17, 15) is 14.4 Å². The zero-order valence-corrected chi connectivity index (χ0v) is 12.7. The quantitative estimate of drug-likeness (QED) is 0.627. The van der Waals surface area contributed by atoms with Gasteiger partial charge in [0.1, 0.15) is 11.4 Å². The number of nitrogens with one attached hydrogen (secondary N) is 2. The zero-order chi connectivity index (χ0) is 16.8. The average Bonchev–Trinajstić information content (AvgIpc) is 3.03. The van der Waals surface area contributed by atoms with Gasteiger partial charge in [0.2, 0.25) is 0 Å². The summed E-state index contributed by atoms with van der Waals surface area (Å²) in [7, 11) is 1.49. The first-order valence-corrected chi connectivity index (χ1v) is 6.80. The molecule has 1 heterocycles. The average molecular weight is 316 g/mol. The van der Waals surface area contributed by atoms with Crippen molar-refractivity contribution >= 4 is 23.3 Å². The molecular formula is C16H16N2O5. The highest BCUT2D eigenvalue weighted by Gasteiger charge is 2.14. The van der Waals surface area contributed by atoms with Crippen LogP contribution in [0.5, 0.6) is 5.75 Å². The van der Waals surface area contributed by atoms with Gasteiger partial charge < -0.3 is 19.8 Å². The molecule has 7 heteroatoms. The monoisotopic (exact) mass is 316 g/mol. The second-order valence-electron chi connectivity index (χ2n) is 4.68. The molecule has 0 bridgehead atoms. The van der Waals surface area contributed by atoms with Crippen LogP contribution in [0.3, 0.4) is 0 Å². The Hall–Kier alpha value is -3.09. The maximum absolute atomic E-state index is 11.8. The van der Waals surface area contributed by atoms with Crippen molar-refractivity contribution in [2.45, 2.75) is 6.92 Å². The van der Waals surface area contributed by atoms with Crippen molar-refractivity contribution < 1.29 is 23.9 Å². The van der Waals surface area contributed by atoms with Gasteiger partial charge in [0, 0.05) is 11.8 Å². The molecule has 0 aliphatic heterocycles. The number of ether oxygens (including phenoxy) is 2. The van der Waals surface area contributed by atoms with Crippen LogP contribution in [0.25, 0.3) is 0 Å². The Balaban J connectivity index is 1.90. The third kappa shape index (κ3) is 4.19. The number of ketones is 1. The number of H-pyrrole nitrogens is 1. The molecule has 1 aromatic heterocycles. The molecule has 0 aliphatic carbocycles. The minimum Gasteiger partial charge on any atom is -0.495 e. The van der Waals surface area contributed by atoms with Crippen LogP contribution >= 0.6 is 0 Å². The molecule has 1 amide bonds. The minimum absolute atomic E-state index is 0.111. The van der Waals surface area contributed by atoms with Gasteiger partial charge in [-0.15, -0.1) is 0 Å². The number of hydrogen-bond donors (Lipinski definition) is 2. The molecule has 7 nitrogen and oxygen atoms in total. The zero-order valence-electron chi connectivity index (χ0n) is 12.7.